The van der Waals surface area contributed by atoms with Crippen LogP contribution in [0.4, 0.5) is 0 Å². The summed E-state index contributed by atoms with van der Waals surface area (Å²) in [4.78, 5) is 25.6. The van der Waals surface area contributed by atoms with Crippen LogP contribution in [0.5, 0.6) is 0 Å². The molecule has 7 heteroatoms. The molecule has 0 unspecified atom stereocenters. The Morgan fingerprint density at radius 2 is 2.24 bits per heavy atom. The number of carbonyl (C=O) groups is 2. The zero-order chi connectivity index (χ0) is 15.6. The van der Waals surface area contributed by atoms with Crippen molar-refractivity contribution in [2.24, 2.45) is 7.05 Å². The van der Waals surface area contributed by atoms with Gasteiger partial charge in [-0.05, 0) is 19.8 Å². The molecule has 1 aliphatic heterocycles. The van der Waals surface area contributed by atoms with Crippen LogP contribution in [-0.2, 0) is 23.2 Å². The van der Waals surface area contributed by atoms with Crippen molar-refractivity contribution in [3.8, 4) is 0 Å². The largest absolute Gasteiger partial charge is 0.344 e. The molecule has 116 valence electrons. The molecule has 0 spiro atoms. The fourth-order valence-electron chi connectivity index (χ4n) is 2.59. The number of nitrogens with one attached hydrogen (secondary N) is 1. The van der Waals surface area contributed by atoms with Gasteiger partial charge in [-0.25, -0.2) is 0 Å². The normalized spacial score (nSPS) is 19.0. The molecule has 1 aliphatic rings. The van der Waals surface area contributed by atoms with E-state index in [4.69, 9.17) is 11.6 Å². The van der Waals surface area contributed by atoms with Gasteiger partial charge >= 0.3 is 0 Å². The Balaban J connectivity index is 2.06. The summed E-state index contributed by atoms with van der Waals surface area (Å²) in [6, 6.07) is -0.430. The highest BCUT2D eigenvalue weighted by atomic mass is 35.5. The van der Waals surface area contributed by atoms with Crippen molar-refractivity contribution in [3.05, 3.63) is 16.4 Å². The second kappa shape index (κ2) is 6.47. The minimum absolute atomic E-state index is 0.0464. The molecule has 0 radical (unpaired) electrons. The lowest BCUT2D eigenvalue weighted by atomic mass is 10.1. The standard InChI is InChI=1S/C14H21ClN4O2/c1-9-10(13(15)19(3)17-9)8-18(2)14(21)11-6-4-5-7-12(20)16-11/h11H,4-8H2,1-3H3,(H,16,20)/t11-/m1/s1. The van der Waals surface area contributed by atoms with Crippen LogP contribution >= 0.6 is 11.6 Å². The number of aromatic nitrogens is 2. The van der Waals surface area contributed by atoms with E-state index in [1.54, 1.807) is 23.7 Å². The Labute approximate surface area is 129 Å². The number of likely N-dealkylation sites (N-methyl/N-ethyl adjacent to an activating group) is 1. The minimum atomic E-state index is -0.430. The van der Waals surface area contributed by atoms with Gasteiger partial charge in [-0.2, -0.15) is 5.10 Å². The van der Waals surface area contributed by atoms with Gasteiger partial charge in [0.2, 0.25) is 11.8 Å². The molecule has 2 amide bonds. The molecule has 1 aromatic rings. The zero-order valence-corrected chi connectivity index (χ0v) is 13.4. The van der Waals surface area contributed by atoms with Gasteiger partial charge in [-0.15, -0.1) is 0 Å². The number of amides is 2. The molecule has 0 bridgehead atoms. The SMILES string of the molecule is Cc1nn(C)c(Cl)c1CN(C)C(=O)[C@H]1CCCCC(=O)N1. The molecule has 1 saturated heterocycles. The second-order valence-electron chi connectivity index (χ2n) is 5.54. The van der Waals surface area contributed by atoms with E-state index in [-0.39, 0.29) is 11.8 Å². The Morgan fingerprint density at radius 3 is 2.86 bits per heavy atom. The van der Waals surface area contributed by atoms with E-state index in [2.05, 4.69) is 10.4 Å². The van der Waals surface area contributed by atoms with Crippen LogP contribution in [0.15, 0.2) is 0 Å². The first kappa shape index (κ1) is 15.8. The highest BCUT2D eigenvalue weighted by molar-refractivity contribution is 6.30. The first-order chi connectivity index (χ1) is 9.90. The summed E-state index contributed by atoms with van der Waals surface area (Å²) in [7, 11) is 3.49. The molecule has 0 aliphatic carbocycles. The highest BCUT2D eigenvalue weighted by Gasteiger charge is 2.26. The molecule has 6 nitrogen and oxygen atoms in total. The number of rotatable bonds is 3. The molecular weight excluding hydrogens is 292 g/mol. The zero-order valence-electron chi connectivity index (χ0n) is 12.6. The van der Waals surface area contributed by atoms with Crippen molar-refractivity contribution in [1.29, 1.82) is 0 Å². The van der Waals surface area contributed by atoms with Crippen molar-refractivity contribution >= 4 is 23.4 Å². The van der Waals surface area contributed by atoms with Crippen LogP contribution < -0.4 is 5.32 Å². The molecular formula is C14H21ClN4O2. The lowest BCUT2D eigenvalue weighted by Crippen LogP contribution is -2.46. The maximum absolute atomic E-state index is 12.5. The van der Waals surface area contributed by atoms with E-state index in [0.29, 0.717) is 24.5 Å². The maximum Gasteiger partial charge on any atom is 0.245 e. The van der Waals surface area contributed by atoms with Gasteiger partial charge in [-0.3, -0.25) is 14.3 Å². The minimum Gasteiger partial charge on any atom is -0.344 e. The quantitative estimate of drug-likeness (QED) is 0.917. The fraction of sp³-hybridized carbons (Fsp3) is 0.643. The predicted molar refractivity (Wildman–Crippen MR) is 79.8 cm³/mol. The molecule has 1 aromatic heterocycles. The topological polar surface area (TPSA) is 67.2 Å². The third kappa shape index (κ3) is 3.56. The third-order valence-electron chi connectivity index (χ3n) is 3.82. The number of hydrogen-bond acceptors (Lipinski definition) is 3. The number of halogens is 1. The van der Waals surface area contributed by atoms with E-state index in [1.165, 1.54) is 0 Å². The Kier molecular flexibility index (Phi) is 4.88. The number of aryl methyl sites for hydroxylation is 2. The number of hydrogen-bond donors (Lipinski definition) is 1. The van der Waals surface area contributed by atoms with Gasteiger partial charge in [0.05, 0.1) is 12.2 Å². The van der Waals surface area contributed by atoms with Gasteiger partial charge in [0.1, 0.15) is 11.2 Å². The summed E-state index contributed by atoms with van der Waals surface area (Å²) in [6.45, 7) is 2.26. The maximum atomic E-state index is 12.5. The summed E-state index contributed by atoms with van der Waals surface area (Å²) in [5.74, 6) is -0.126. The first-order valence-electron chi connectivity index (χ1n) is 7.12. The molecule has 0 saturated carbocycles. The average molecular weight is 313 g/mol. The third-order valence-corrected chi connectivity index (χ3v) is 4.29. The van der Waals surface area contributed by atoms with Gasteiger partial charge in [0, 0.05) is 26.1 Å². The van der Waals surface area contributed by atoms with Crippen molar-refractivity contribution in [1.82, 2.24) is 20.0 Å². The summed E-state index contributed by atoms with van der Waals surface area (Å²) in [6.07, 6.45) is 2.91. The number of carbonyl (C=O) groups excluding carboxylic acids is 2. The molecule has 0 aromatic carbocycles. The Morgan fingerprint density at radius 1 is 1.52 bits per heavy atom. The van der Waals surface area contributed by atoms with Crippen LogP contribution in [-0.4, -0.2) is 39.6 Å². The van der Waals surface area contributed by atoms with Crippen LogP contribution in [0.1, 0.15) is 36.9 Å². The van der Waals surface area contributed by atoms with Gasteiger partial charge < -0.3 is 10.2 Å². The first-order valence-corrected chi connectivity index (χ1v) is 7.50. The van der Waals surface area contributed by atoms with Gasteiger partial charge in [0.25, 0.3) is 0 Å². The van der Waals surface area contributed by atoms with E-state index in [9.17, 15) is 9.59 Å². The average Bonchev–Trinajstić information content (AvgIpc) is 2.62. The lowest BCUT2D eigenvalue weighted by Gasteiger charge is -2.23. The van der Waals surface area contributed by atoms with Gasteiger partial charge in [0.15, 0.2) is 0 Å². The van der Waals surface area contributed by atoms with Crippen LogP contribution in [0.25, 0.3) is 0 Å². The summed E-state index contributed by atoms with van der Waals surface area (Å²) >= 11 is 6.19. The molecule has 1 N–H and O–H groups in total. The lowest BCUT2D eigenvalue weighted by molar-refractivity contribution is -0.135. The molecule has 1 fully saturated rings. The Bertz CT molecular complexity index is 555. The van der Waals surface area contributed by atoms with Crippen LogP contribution in [0.3, 0.4) is 0 Å². The van der Waals surface area contributed by atoms with Crippen LogP contribution in [0.2, 0.25) is 5.15 Å². The second-order valence-corrected chi connectivity index (χ2v) is 5.90. The summed E-state index contributed by atoms with van der Waals surface area (Å²) in [5, 5.41) is 7.57. The van der Waals surface area contributed by atoms with Crippen molar-refractivity contribution < 1.29 is 9.59 Å². The number of nitrogens with zero attached hydrogens (tertiary/aromatic N) is 3. The highest BCUT2D eigenvalue weighted by Crippen LogP contribution is 2.21. The van der Waals surface area contributed by atoms with E-state index in [0.717, 1.165) is 24.1 Å². The molecule has 1 atom stereocenters. The van der Waals surface area contributed by atoms with Gasteiger partial charge in [-0.1, -0.05) is 18.0 Å². The summed E-state index contributed by atoms with van der Waals surface area (Å²) < 4.78 is 1.60. The van der Waals surface area contributed by atoms with E-state index < -0.39 is 6.04 Å². The van der Waals surface area contributed by atoms with Crippen molar-refractivity contribution in [2.45, 2.75) is 45.2 Å². The summed E-state index contributed by atoms with van der Waals surface area (Å²) in [5.41, 5.74) is 1.65. The molecule has 21 heavy (non-hydrogen) atoms. The van der Waals surface area contributed by atoms with Crippen LogP contribution in [0, 0.1) is 6.92 Å². The fourth-order valence-corrected chi connectivity index (χ4v) is 2.83. The Hall–Kier alpha value is -1.56. The van der Waals surface area contributed by atoms with Crippen molar-refractivity contribution in [2.75, 3.05) is 7.05 Å². The van der Waals surface area contributed by atoms with E-state index >= 15 is 0 Å². The molecule has 2 rings (SSSR count). The predicted octanol–water partition coefficient (Wildman–Crippen LogP) is 1.40. The smallest absolute Gasteiger partial charge is 0.245 e. The monoisotopic (exact) mass is 312 g/mol. The van der Waals surface area contributed by atoms with E-state index in [1.807, 2.05) is 6.92 Å². The molecule has 2 heterocycles. The van der Waals surface area contributed by atoms with Crippen molar-refractivity contribution in [3.63, 3.8) is 0 Å².